The van der Waals surface area contributed by atoms with Crippen LogP contribution in [-0.4, -0.2) is 44.2 Å². The van der Waals surface area contributed by atoms with Crippen molar-refractivity contribution in [1.29, 1.82) is 0 Å². The Bertz CT molecular complexity index is 602. The van der Waals surface area contributed by atoms with Crippen molar-refractivity contribution in [2.45, 2.75) is 12.8 Å². The number of nitrogens with one attached hydrogen (secondary N) is 1. The molecule has 21 heavy (non-hydrogen) atoms. The molecule has 116 valence electrons. The van der Waals surface area contributed by atoms with Gasteiger partial charge in [-0.3, -0.25) is 10.1 Å². The molecule has 1 aliphatic heterocycles. The van der Waals surface area contributed by atoms with Crippen LogP contribution in [-0.2, 0) is 10.0 Å². The topological polar surface area (TPSA) is 105 Å². The van der Waals surface area contributed by atoms with Crippen molar-refractivity contribution in [1.82, 2.24) is 9.71 Å². The highest BCUT2D eigenvalue weighted by Crippen LogP contribution is 2.22. The largest absolute Gasteiger partial charge is 0.356 e. The maximum absolute atomic E-state index is 11.1. The van der Waals surface area contributed by atoms with Gasteiger partial charge >= 0.3 is 0 Å². The standard InChI is InChI=1S/C12H18N4O4S/c1-21(19,20)14-7-10-3-2-6-15(9-10)12-5-4-11(8-13-12)16(17)18/h4-5,8,10,14H,2-3,6-7,9H2,1H3/t10-/m0/s1. The van der Waals surface area contributed by atoms with E-state index in [0.29, 0.717) is 18.9 Å². The van der Waals surface area contributed by atoms with E-state index in [-0.39, 0.29) is 11.6 Å². The molecule has 1 aromatic rings. The number of nitrogens with zero attached hydrogens (tertiary/aromatic N) is 3. The molecular formula is C12H18N4O4S. The number of piperidine rings is 1. The molecule has 1 aromatic heterocycles. The highest BCUT2D eigenvalue weighted by molar-refractivity contribution is 7.88. The Kier molecular flexibility index (Phi) is 4.73. The average molecular weight is 314 g/mol. The maximum atomic E-state index is 11.1. The third-order valence-electron chi connectivity index (χ3n) is 3.42. The molecule has 0 radical (unpaired) electrons. The number of hydrogen-bond acceptors (Lipinski definition) is 6. The van der Waals surface area contributed by atoms with Crippen molar-refractivity contribution < 1.29 is 13.3 Å². The van der Waals surface area contributed by atoms with Crippen LogP contribution in [0.15, 0.2) is 18.3 Å². The van der Waals surface area contributed by atoms with E-state index in [4.69, 9.17) is 0 Å². The van der Waals surface area contributed by atoms with Gasteiger partial charge in [-0.1, -0.05) is 0 Å². The Labute approximate surface area is 123 Å². The first-order valence-corrected chi connectivity index (χ1v) is 8.54. The number of rotatable bonds is 5. The Morgan fingerprint density at radius 1 is 1.52 bits per heavy atom. The van der Waals surface area contributed by atoms with Crippen LogP contribution in [0.3, 0.4) is 0 Å². The first-order chi connectivity index (χ1) is 9.85. The summed E-state index contributed by atoms with van der Waals surface area (Å²) in [4.78, 5) is 16.3. The molecule has 9 heteroatoms. The molecule has 0 spiro atoms. The number of anilines is 1. The van der Waals surface area contributed by atoms with Crippen LogP contribution < -0.4 is 9.62 Å². The van der Waals surface area contributed by atoms with Gasteiger partial charge < -0.3 is 4.90 Å². The van der Waals surface area contributed by atoms with E-state index in [0.717, 1.165) is 25.6 Å². The molecule has 1 atom stereocenters. The van der Waals surface area contributed by atoms with Crippen molar-refractivity contribution in [2.24, 2.45) is 5.92 Å². The molecular weight excluding hydrogens is 296 g/mol. The third kappa shape index (κ3) is 4.64. The van der Waals surface area contributed by atoms with E-state index in [9.17, 15) is 18.5 Å². The van der Waals surface area contributed by atoms with Gasteiger partial charge in [0.05, 0.1) is 11.2 Å². The summed E-state index contributed by atoms with van der Waals surface area (Å²) in [5.41, 5.74) is -0.0361. The van der Waals surface area contributed by atoms with Gasteiger partial charge in [-0.05, 0) is 24.8 Å². The molecule has 0 unspecified atom stereocenters. The second-order valence-corrected chi connectivity index (χ2v) is 7.04. The summed E-state index contributed by atoms with van der Waals surface area (Å²) in [6.45, 7) is 1.91. The van der Waals surface area contributed by atoms with Crippen LogP contribution >= 0.6 is 0 Å². The third-order valence-corrected chi connectivity index (χ3v) is 4.11. The van der Waals surface area contributed by atoms with Crippen molar-refractivity contribution in [3.8, 4) is 0 Å². The molecule has 2 heterocycles. The molecule has 0 saturated carbocycles. The highest BCUT2D eigenvalue weighted by Gasteiger charge is 2.22. The lowest BCUT2D eigenvalue weighted by atomic mass is 9.98. The summed E-state index contributed by atoms with van der Waals surface area (Å²) < 4.78 is 24.8. The van der Waals surface area contributed by atoms with Gasteiger partial charge in [-0.15, -0.1) is 0 Å². The minimum atomic E-state index is -3.18. The average Bonchev–Trinajstić information content (AvgIpc) is 2.45. The van der Waals surface area contributed by atoms with Crippen molar-refractivity contribution >= 4 is 21.5 Å². The van der Waals surface area contributed by atoms with E-state index in [1.807, 2.05) is 4.90 Å². The van der Waals surface area contributed by atoms with E-state index in [1.165, 1.54) is 12.3 Å². The van der Waals surface area contributed by atoms with Gasteiger partial charge in [-0.25, -0.2) is 18.1 Å². The monoisotopic (exact) mass is 314 g/mol. The predicted octanol–water partition coefficient (Wildman–Crippen LogP) is 0.755. The van der Waals surface area contributed by atoms with Crippen molar-refractivity contribution in [3.63, 3.8) is 0 Å². The minimum Gasteiger partial charge on any atom is -0.356 e. The summed E-state index contributed by atoms with van der Waals surface area (Å²) >= 11 is 0. The molecule has 0 aromatic carbocycles. The number of aromatic nitrogens is 1. The van der Waals surface area contributed by atoms with Crippen molar-refractivity contribution in [3.05, 3.63) is 28.4 Å². The van der Waals surface area contributed by atoms with Gasteiger partial charge in [-0.2, -0.15) is 0 Å². The zero-order valence-electron chi connectivity index (χ0n) is 11.7. The van der Waals surface area contributed by atoms with Crippen LogP contribution in [0.1, 0.15) is 12.8 Å². The van der Waals surface area contributed by atoms with Gasteiger partial charge in [0.15, 0.2) is 0 Å². The fraction of sp³-hybridized carbons (Fsp3) is 0.583. The molecule has 1 aliphatic rings. The molecule has 2 rings (SSSR count). The molecule has 1 fully saturated rings. The predicted molar refractivity (Wildman–Crippen MR) is 78.7 cm³/mol. The van der Waals surface area contributed by atoms with Crippen LogP contribution in [0.25, 0.3) is 0 Å². The molecule has 0 amide bonds. The Hall–Kier alpha value is -1.74. The zero-order chi connectivity index (χ0) is 15.5. The Morgan fingerprint density at radius 3 is 2.86 bits per heavy atom. The van der Waals surface area contributed by atoms with E-state index < -0.39 is 14.9 Å². The maximum Gasteiger partial charge on any atom is 0.287 e. The quantitative estimate of drug-likeness (QED) is 0.635. The summed E-state index contributed by atoms with van der Waals surface area (Å²) in [6.07, 6.45) is 4.28. The fourth-order valence-corrected chi connectivity index (χ4v) is 2.92. The second-order valence-electron chi connectivity index (χ2n) is 5.21. The lowest BCUT2D eigenvalue weighted by molar-refractivity contribution is -0.385. The lowest BCUT2D eigenvalue weighted by Crippen LogP contribution is -2.41. The summed E-state index contributed by atoms with van der Waals surface area (Å²) in [7, 11) is -3.18. The first kappa shape index (κ1) is 15.6. The van der Waals surface area contributed by atoms with Crippen LogP contribution in [0, 0.1) is 16.0 Å². The summed E-state index contributed by atoms with van der Waals surface area (Å²) in [5, 5.41) is 10.6. The second kappa shape index (κ2) is 6.35. The molecule has 1 saturated heterocycles. The summed E-state index contributed by atoms with van der Waals surface area (Å²) in [5.74, 6) is 0.898. The number of pyridine rings is 1. The smallest absolute Gasteiger partial charge is 0.287 e. The van der Waals surface area contributed by atoms with Gasteiger partial charge in [0.1, 0.15) is 12.0 Å². The fourth-order valence-electron chi connectivity index (χ4n) is 2.38. The number of hydrogen-bond donors (Lipinski definition) is 1. The molecule has 1 N–H and O–H groups in total. The lowest BCUT2D eigenvalue weighted by Gasteiger charge is -2.33. The Balaban J connectivity index is 1.98. The van der Waals surface area contributed by atoms with Crippen LogP contribution in [0.4, 0.5) is 11.5 Å². The van der Waals surface area contributed by atoms with E-state index in [1.54, 1.807) is 6.07 Å². The van der Waals surface area contributed by atoms with E-state index in [2.05, 4.69) is 9.71 Å². The van der Waals surface area contributed by atoms with Crippen LogP contribution in [0.5, 0.6) is 0 Å². The highest BCUT2D eigenvalue weighted by atomic mass is 32.2. The van der Waals surface area contributed by atoms with Gasteiger partial charge in [0.2, 0.25) is 10.0 Å². The van der Waals surface area contributed by atoms with E-state index >= 15 is 0 Å². The molecule has 8 nitrogen and oxygen atoms in total. The number of nitro groups is 1. The normalized spacial score (nSPS) is 19.5. The first-order valence-electron chi connectivity index (χ1n) is 6.65. The number of sulfonamides is 1. The zero-order valence-corrected chi connectivity index (χ0v) is 12.5. The SMILES string of the molecule is CS(=O)(=O)NC[C@@H]1CCCN(c2ccc([N+](=O)[O-])cn2)C1. The molecule has 0 bridgehead atoms. The summed E-state index contributed by atoms with van der Waals surface area (Å²) in [6, 6.07) is 3.06. The van der Waals surface area contributed by atoms with Gasteiger partial charge in [0, 0.05) is 25.7 Å². The minimum absolute atomic E-state index is 0.0361. The van der Waals surface area contributed by atoms with Gasteiger partial charge in [0.25, 0.3) is 5.69 Å². The van der Waals surface area contributed by atoms with Crippen LogP contribution in [0.2, 0.25) is 0 Å². The Morgan fingerprint density at radius 2 is 2.29 bits per heavy atom. The van der Waals surface area contributed by atoms with Crippen molar-refractivity contribution in [2.75, 3.05) is 30.8 Å². The molecule has 0 aliphatic carbocycles.